The van der Waals surface area contributed by atoms with Gasteiger partial charge in [-0.15, -0.1) is 0 Å². The van der Waals surface area contributed by atoms with Crippen LogP contribution in [-0.4, -0.2) is 43.8 Å². The standard InChI is InChI=1S/C29H32N2O5/c1-21(2)31(25-14-12-24(13-15-25)30-23-7-4-3-5-8-23)28(32)20-36-29(33)22-10-16-26(17-11-22)35-19-27-9-6-18-34-27/h3-5,7-8,10-17,21,27,30H,6,9,18-20H2,1-2H3/t27-/m1/s1. The van der Waals surface area contributed by atoms with Crippen LogP contribution >= 0.6 is 0 Å². The highest BCUT2D eigenvalue weighted by Gasteiger charge is 2.21. The summed E-state index contributed by atoms with van der Waals surface area (Å²) in [5.41, 5.74) is 2.99. The van der Waals surface area contributed by atoms with Crippen molar-refractivity contribution in [1.82, 2.24) is 0 Å². The zero-order chi connectivity index (χ0) is 25.3. The third-order valence-electron chi connectivity index (χ3n) is 5.87. The second-order valence-corrected chi connectivity index (χ2v) is 8.94. The van der Waals surface area contributed by atoms with E-state index in [2.05, 4.69) is 5.32 Å². The second-order valence-electron chi connectivity index (χ2n) is 8.94. The molecule has 0 radical (unpaired) electrons. The lowest BCUT2D eigenvalue weighted by Crippen LogP contribution is -2.39. The van der Waals surface area contributed by atoms with Crippen LogP contribution in [0.15, 0.2) is 78.9 Å². The van der Waals surface area contributed by atoms with Gasteiger partial charge in [-0.2, -0.15) is 0 Å². The molecule has 36 heavy (non-hydrogen) atoms. The zero-order valence-electron chi connectivity index (χ0n) is 20.7. The molecule has 0 unspecified atom stereocenters. The molecule has 1 atom stereocenters. The van der Waals surface area contributed by atoms with Crippen molar-refractivity contribution in [1.29, 1.82) is 0 Å². The van der Waals surface area contributed by atoms with Crippen LogP contribution in [0, 0.1) is 0 Å². The topological polar surface area (TPSA) is 77.1 Å². The first-order valence-electron chi connectivity index (χ1n) is 12.3. The molecule has 0 saturated carbocycles. The third-order valence-corrected chi connectivity index (χ3v) is 5.87. The lowest BCUT2D eigenvalue weighted by Gasteiger charge is -2.27. The van der Waals surface area contributed by atoms with Gasteiger partial charge in [-0.05, 0) is 87.4 Å². The van der Waals surface area contributed by atoms with Gasteiger partial charge in [0.1, 0.15) is 12.4 Å². The Hall–Kier alpha value is -3.84. The van der Waals surface area contributed by atoms with E-state index >= 15 is 0 Å². The van der Waals surface area contributed by atoms with E-state index < -0.39 is 5.97 Å². The molecule has 1 aliphatic heterocycles. The Morgan fingerprint density at radius 2 is 1.67 bits per heavy atom. The molecular formula is C29H32N2O5. The quantitative estimate of drug-likeness (QED) is 0.375. The van der Waals surface area contributed by atoms with Crippen LogP contribution in [-0.2, 0) is 14.3 Å². The van der Waals surface area contributed by atoms with Gasteiger partial charge in [0, 0.05) is 29.7 Å². The lowest BCUT2D eigenvalue weighted by atomic mass is 10.2. The Balaban J connectivity index is 1.30. The summed E-state index contributed by atoms with van der Waals surface area (Å²) in [4.78, 5) is 27.1. The summed E-state index contributed by atoms with van der Waals surface area (Å²) in [6.07, 6.45) is 2.18. The molecule has 4 rings (SSSR count). The molecule has 7 nitrogen and oxygen atoms in total. The van der Waals surface area contributed by atoms with Crippen molar-refractivity contribution < 1.29 is 23.8 Å². The number of carbonyl (C=O) groups excluding carboxylic acids is 2. The Labute approximate surface area is 212 Å². The molecule has 188 valence electrons. The number of rotatable bonds is 10. The summed E-state index contributed by atoms with van der Waals surface area (Å²) >= 11 is 0. The van der Waals surface area contributed by atoms with E-state index in [0.717, 1.165) is 36.5 Å². The smallest absolute Gasteiger partial charge is 0.338 e. The molecule has 1 saturated heterocycles. The SMILES string of the molecule is CC(C)N(C(=O)COC(=O)c1ccc(OC[C@H]2CCCO2)cc1)c1ccc(Nc2ccccc2)cc1. The minimum Gasteiger partial charge on any atom is -0.491 e. The number of benzene rings is 3. The Morgan fingerprint density at radius 1 is 0.972 bits per heavy atom. The van der Waals surface area contributed by atoms with E-state index in [0.29, 0.717) is 17.9 Å². The first-order chi connectivity index (χ1) is 17.5. The minimum absolute atomic E-state index is 0.107. The fourth-order valence-electron chi connectivity index (χ4n) is 4.06. The number of hydrogen-bond donors (Lipinski definition) is 1. The number of para-hydroxylation sites is 1. The average Bonchev–Trinajstić information content (AvgIpc) is 3.42. The monoisotopic (exact) mass is 488 g/mol. The molecule has 0 aromatic heterocycles. The molecule has 3 aromatic rings. The number of ether oxygens (including phenoxy) is 3. The first-order valence-corrected chi connectivity index (χ1v) is 12.3. The van der Waals surface area contributed by atoms with Crippen LogP contribution in [0.2, 0.25) is 0 Å². The second kappa shape index (κ2) is 12.2. The van der Waals surface area contributed by atoms with Crippen LogP contribution in [0.1, 0.15) is 37.0 Å². The Bertz CT molecular complexity index is 1120. The molecular weight excluding hydrogens is 456 g/mol. The first kappa shape index (κ1) is 25.3. The number of esters is 1. The van der Waals surface area contributed by atoms with Crippen LogP contribution < -0.4 is 15.0 Å². The summed E-state index contributed by atoms with van der Waals surface area (Å²) in [5, 5.41) is 3.32. The Kier molecular flexibility index (Phi) is 8.57. The van der Waals surface area contributed by atoms with Gasteiger partial charge in [-0.25, -0.2) is 4.79 Å². The highest BCUT2D eigenvalue weighted by atomic mass is 16.5. The van der Waals surface area contributed by atoms with Crippen molar-refractivity contribution in [3.8, 4) is 5.75 Å². The Morgan fingerprint density at radius 3 is 2.31 bits per heavy atom. The largest absolute Gasteiger partial charge is 0.491 e. The molecule has 1 N–H and O–H groups in total. The summed E-state index contributed by atoms with van der Waals surface area (Å²) in [7, 11) is 0. The van der Waals surface area contributed by atoms with Gasteiger partial charge in [0.25, 0.3) is 5.91 Å². The number of carbonyl (C=O) groups is 2. The minimum atomic E-state index is -0.555. The van der Waals surface area contributed by atoms with Gasteiger partial charge in [-0.3, -0.25) is 4.79 Å². The third kappa shape index (κ3) is 6.86. The summed E-state index contributed by atoms with van der Waals surface area (Å²) in [6.45, 7) is 4.77. The number of anilines is 3. The van der Waals surface area contributed by atoms with E-state index in [1.165, 1.54) is 0 Å². The summed E-state index contributed by atoms with van der Waals surface area (Å²) in [6, 6.07) is 24.0. The summed E-state index contributed by atoms with van der Waals surface area (Å²) in [5.74, 6) is -0.187. The van der Waals surface area contributed by atoms with Crippen molar-refractivity contribution in [3.05, 3.63) is 84.4 Å². The zero-order valence-corrected chi connectivity index (χ0v) is 20.7. The molecule has 0 bridgehead atoms. The lowest BCUT2D eigenvalue weighted by molar-refractivity contribution is -0.122. The van der Waals surface area contributed by atoms with Crippen molar-refractivity contribution >= 4 is 28.9 Å². The van der Waals surface area contributed by atoms with Crippen molar-refractivity contribution in [2.45, 2.75) is 38.8 Å². The number of nitrogens with zero attached hydrogens (tertiary/aromatic N) is 1. The number of nitrogens with one attached hydrogen (secondary N) is 1. The van der Waals surface area contributed by atoms with Crippen molar-refractivity contribution in [2.75, 3.05) is 30.0 Å². The van der Waals surface area contributed by atoms with Crippen LogP contribution in [0.4, 0.5) is 17.1 Å². The average molecular weight is 489 g/mol. The van der Waals surface area contributed by atoms with Gasteiger partial charge >= 0.3 is 5.97 Å². The van der Waals surface area contributed by atoms with Gasteiger partial charge in [-0.1, -0.05) is 18.2 Å². The molecule has 1 heterocycles. The van der Waals surface area contributed by atoms with Crippen molar-refractivity contribution in [3.63, 3.8) is 0 Å². The van der Waals surface area contributed by atoms with E-state index in [-0.39, 0.29) is 24.7 Å². The predicted octanol–water partition coefficient (Wildman–Crippen LogP) is 5.59. The molecule has 1 aliphatic rings. The number of hydrogen-bond acceptors (Lipinski definition) is 6. The van der Waals surface area contributed by atoms with Crippen molar-refractivity contribution in [2.24, 2.45) is 0 Å². The van der Waals surface area contributed by atoms with E-state index in [9.17, 15) is 9.59 Å². The maximum absolute atomic E-state index is 13.0. The predicted molar refractivity (Wildman–Crippen MR) is 140 cm³/mol. The molecule has 1 fully saturated rings. The molecule has 0 spiro atoms. The molecule has 0 aliphatic carbocycles. The maximum atomic E-state index is 13.0. The van der Waals surface area contributed by atoms with E-state index in [4.69, 9.17) is 14.2 Å². The number of amides is 1. The molecule has 1 amide bonds. The molecule has 3 aromatic carbocycles. The highest BCUT2D eigenvalue weighted by Crippen LogP contribution is 2.23. The maximum Gasteiger partial charge on any atom is 0.338 e. The normalized spacial score (nSPS) is 14.9. The molecule has 7 heteroatoms. The van der Waals surface area contributed by atoms with Gasteiger partial charge < -0.3 is 24.4 Å². The van der Waals surface area contributed by atoms with Gasteiger partial charge in [0.15, 0.2) is 6.61 Å². The van der Waals surface area contributed by atoms with E-state index in [1.807, 2.05) is 68.4 Å². The van der Waals surface area contributed by atoms with Crippen LogP contribution in [0.5, 0.6) is 5.75 Å². The van der Waals surface area contributed by atoms with Gasteiger partial charge in [0.2, 0.25) is 0 Å². The highest BCUT2D eigenvalue weighted by molar-refractivity contribution is 5.97. The fourth-order valence-corrected chi connectivity index (χ4v) is 4.06. The van der Waals surface area contributed by atoms with Crippen LogP contribution in [0.25, 0.3) is 0 Å². The fraction of sp³-hybridized carbons (Fsp3) is 0.310. The van der Waals surface area contributed by atoms with Crippen LogP contribution in [0.3, 0.4) is 0 Å². The summed E-state index contributed by atoms with van der Waals surface area (Å²) < 4.78 is 16.6. The van der Waals surface area contributed by atoms with Gasteiger partial charge in [0.05, 0.1) is 11.7 Å². The van der Waals surface area contributed by atoms with E-state index in [1.54, 1.807) is 29.2 Å².